The summed E-state index contributed by atoms with van der Waals surface area (Å²) < 4.78 is 5.26. The number of hydrogen-bond donors (Lipinski definition) is 1. The van der Waals surface area contributed by atoms with Crippen LogP contribution >= 0.6 is 34.5 Å². The van der Waals surface area contributed by atoms with E-state index in [-0.39, 0.29) is 18.3 Å². The molecule has 0 fully saturated rings. The Balaban J connectivity index is 1.87. The number of esters is 1. The molecule has 4 nitrogen and oxygen atoms in total. The third-order valence-electron chi connectivity index (χ3n) is 5.08. The largest absolute Gasteiger partial charge is 0.462 e. The van der Waals surface area contributed by atoms with Gasteiger partial charge in [-0.05, 0) is 55.4 Å². The Bertz CT molecular complexity index is 874. The molecule has 0 aliphatic heterocycles. The van der Waals surface area contributed by atoms with Crippen LogP contribution in [0, 0.1) is 5.92 Å². The Labute approximate surface area is 179 Å². The van der Waals surface area contributed by atoms with Gasteiger partial charge in [0.15, 0.2) is 0 Å². The number of anilines is 1. The molecule has 7 heteroatoms. The highest BCUT2D eigenvalue weighted by Gasteiger charge is 2.30. The average Bonchev–Trinajstić information content (AvgIpc) is 3.01. The number of amides is 1. The Morgan fingerprint density at radius 3 is 2.61 bits per heavy atom. The Kier molecular flexibility index (Phi) is 7.02. The molecule has 0 saturated carbocycles. The molecule has 28 heavy (non-hydrogen) atoms. The molecular formula is C21H23Cl2NO3S. The fraction of sp³-hybridized carbons (Fsp3) is 0.429. The van der Waals surface area contributed by atoms with Crippen molar-refractivity contribution in [3.05, 3.63) is 49.8 Å². The minimum Gasteiger partial charge on any atom is -0.462 e. The molecule has 0 saturated heterocycles. The summed E-state index contributed by atoms with van der Waals surface area (Å²) in [4.78, 5) is 26.4. The second-order valence-electron chi connectivity index (χ2n) is 6.87. The number of carbonyl (C=O) groups excluding carboxylic acids is 2. The van der Waals surface area contributed by atoms with Gasteiger partial charge in [-0.2, -0.15) is 0 Å². The zero-order chi connectivity index (χ0) is 20.3. The maximum Gasteiger partial charge on any atom is 0.341 e. The normalized spacial score (nSPS) is 15.8. The molecule has 0 spiro atoms. The molecule has 1 amide bonds. The van der Waals surface area contributed by atoms with Gasteiger partial charge in [0.25, 0.3) is 0 Å². The molecule has 1 aromatic carbocycles. The molecule has 1 aromatic heterocycles. The van der Waals surface area contributed by atoms with Crippen molar-refractivity contribution < 1.29 is 14.3 Å². The van der Waals surface area contributed by atoms with Crippen LogP contribution in [-0.4, -0.2) is 18.5 Å². The Hall–Kier alpha value is -1.56. The fourth-order valence-electron chi connectivity index (χ4n) is 3.54. The van der Waals surface area contributed by atoms with Gasteiger partial charge in [0, 0.05) is 14.9 Å². The number of thiophene rings is 1. The van der Waals surface area contributed by atoms with E-state index in [1.54, 1.807) is 25.1 Å². The van der Waals surface area contributed by atoms with Crippen molar-refractivity contribution >= 4 is 51.4 Å². The number of hydrogen-bond acceptors (Lipinski definition) is 4. The van der Waals surface area contributed by atoms with Crippen LogP contribution in [0.3, 0.4) is 0 Å². The highest BCUT2D eigenvalue weighted by Crippen LogP contribution is 2.41. The summed E-state index contributed by atoms with van der Waals surface area (Å²) in [6.45, 7) is 4.26. The summed E-state index contributed by atoms with van der Waals surface area (Å²) in [5.41, 5.74) is 2.11. The monoisotopic (exact) mass is 439 g/mol. The van der Waals surface area contributed by atoms with Gasteiger partial charge < -0.3 is 10.1 Å². The first-order valence-corrected chi connectivity index (χ1v) is 11.1. The number of rotatable bonds is 6. The predicted molar refractivity (Wildman–Crippen MR) is 115 cm³/mol. The van der Waals surface area contributed by atoms with Crippen molar-refractivity contribution in [3.63, 3.8) is 0 Å². The van der Waals surface area contributed by atoms with Gasteiger partial charge in [-0.1, -0.05) is 42.6 Å². The first kappa shape index (κ1) is 21.2. The van der Waals surface area contributed by atoms with E-state index in [0.717, 1.165) is 31.2 Å². The molecule has 0 unspecified atom stereocenters. The molecule has 1 aliphatic carbocycles. The molecule has 0 radical (unpaired) electrons. The average molecular weight is 440 g/mol. The number of nitrogens with one attached hydrogen (secondary N) is 1. The maximum atomic E-state index is 12.7. The minimum absolute atomic E-state index is 0.0426. The van der Waals surface area contributed by atoms with Crippen molar-refractivity contribution in [2.45, 2.75) is 46.0 Å². The van der Waals surface area contributed by atoms with E-state index in [2.05, 4.69) is 12.2 Å². The van der Waals surface area contributed by atoms with Gasteiger partial charge in [-0.25, -0.2) is 4.79 Å². The van der Waals surface area contributed by atoms with Gasteiger partial charge in [0.05, 0.1) is 18.6 Å². The van der Waals surface area contributed by atoms with Gasteiger partial charge in [0.2, 0.25) is 5.91 Å². The van der Waals surface area contributed by atoms with Crippen LogP contribution in [0.25, 0.3) is 0 Å². The lowest BCUT2D eigenvalue weighted by atomic mass is 9.85. The molecular weight excluding hydrogens is 417 g/mol. The quantitative estimate of drug-likeness (QED) is 0.567. The lowest BCUT2D eigenvalue weighted by Gasteiger charge is -2.20. The first-order valence-electron chi connectivity index (χ1n) is 9.48. The topological polar surface area (TPSA) is 55.4 Å². The molecule has 3 rings (SSSR count). The summed E-state index contributed by atoms with van der Waals surface area (Å²) in [6, 6.07) is 5.14. The molecule has 2 aromatic rings. The van der Waals surface area contributed by atoms with Crippen LogP contribution in [0.15, 0.2) is 18.2 Å². The number of ether oxygens (including phenoxy) is 1. The van der Waals surface area contributed by atoms with Gasteiger partial charge in [-0.15, -0.1) is 11.3 Å². The van der Waals surface area contributed by atoms with Crippen molar-refractivity contribution in [1.82, 2.24) is 0 Å². The Morgan fingerprint density at radius 1 is 1.25 bits per heavy atom. The maximum absolute atomic E-state index is 12.7. The molecule has 0 bridgehead atoms. The van der Waals surface area contributed by atoms with Gasteiger partial charge in [0.1, 0.15) is 5.00 Å². The molecule has 150 valence electrons. The van der Waals surface area contributed by atoms with E-state index in [1.165, 1.54) is 16.2 Å². The summed E-state index contributed by atoms with van der Waals surface area (Å²) >= 11 is 13.8. The van der Waals surface area contributed by atoms with Gasteiger partial charge >= 0.3 is 5.97 Å². The number of fused-ring (bicyclic) bond motifs is 1. The third-order valence-corrected chi connectivity index (χ3v) is 6.95. The van der Waals surface area contributed by atoms with Crippen LogP contribution in [-0.2, 0) is 28.8 Å². The van der Waals surface area contributed by atoms with Crippen LogP contribution in [0.2, 0.25) is 10.0 Å². The van der Waals surface area contributed by atoms with Gasteiger partial charge in [-0.3, -0.25) is 4.79 Å². The SMILES string of the molecule is CCOC(=O)c1c(NC(=O)Cc2c(Cl)cccc2Cl)sc2c1CC[C@@H](CC)C2. The van der Waals surface area contributed by atoms with E-state index >= 15 is 0 Å². The highest BCUT2D eigenvalue weighted by molar-refractivity contribution is 7.17. The van der Waals surface area contributed by atoms with E-state index in [4.69, 9.17) is 27.9 Å². The lowest BCUT2D eigenvalue weighted by Crippen LogP contribution is -2.18. The van der Waals surface area contributed by atoms with Crippen molar-refractivity contribution in [1.29, 1.82) is 0 Å². The predicted octanol–water partition coefficient (Wildman–Crippen LogP) is 5.93. The Morgan fingerprint density at radius 2 is 1.96 bits per heavy atom. The van der Waals surface area contributed by atoms with Crippen molar-refractivity contribution in [2.75, 3.05) is 11.9 Å². The smallest absolute Gasteiger partial charge is 0.341 e. The lowest BCUT2D eigenvalue weighted by molar-refractivity contribution is -0.115. The van der Waals surface area contributed by atoms with Crippen LogP contribution in [0.1, 0.15) is 53.1 Å². The highest BCUT2D eigenvalue weighted by atomic mass is 35.5. The first-order chi connectivity index (χ1) is 13.4. The van der Waals surface area contributed by atoms with E-state index in [1.807, 2.05) is 0 Å². The van der Waals surface area contributed by atoms with E-state index in [0.29, 0.717) is 38.7 Å². The third kappa shape index (κ3) is 4.53. The zero-order valence-electron chi connectivity index (χ0n) is 15.9. The van der Waals surface area contributed by atoms with Crippen molar-refractivity contribution in [2.24, 2.45) is 5.92 Å². The van der Waals surface area contributed by atoms with Crippen molar-refractivity contribution in [3.8, 4) is 0 Å². The standard InChI is InChI=1S/C21H23Cl2NO3S/c1-3-12-8-9-13-17(10-12)28-20(19(13)21(26)27-4-2)24-18(25)11-14-15(22)6-5-7-16(14)23/h5-7,12H,3-4,8-11H2,1-2H3,(H,24,25)/t12-/m1/s1. The molecule has 1 atom stereocenters. The van der Waals surface area contributed by atoms with E-state index in [9.17, 15) is 9.59 Å². The number of carbonyl (C=O) groups is 2. The summed E-state index contributed by atoms with van der Waals surface area (Å²) in [5.74, 6) is -0.0149. The number of halogens is 2. The molecule has 1 N–H and O–H groups in total. The van der Waals surface area contributed by atoms with E-state index < -0.39 is 0 Å². The molecule has 1 aliphatic rings. The van der Waals surface area contributed by atoms with Crippen LogP contribution in [0.4, 0.5) is 5.00 Å². The summed E-state index contributed by atoms with van der Waals surface area (Å²) in [5, 5.41) is 4.36. The second-order valence-corrected chi connectivity index (χ2v) is 8.79. The zero-order valence-corrected chi connectivity index (χ0v) is 18.3. The summed E-state index contributed by atoms with van der Waals surface area (Å²) in [6.07, 6.45) is 3.98. The van der Waals surface area contributed by atoms with Crippen LogP contribution < -0.4 is 5.32 Å². The fourth-order valence-corrected chi connectivity index (χ4v) is 5.44. The summed E-state index contributed by atoms with van der Waals surface area (Å²) in [7, 11) is 0. The minimum atomic E-state index is -0.374. The number of benzene rings is 1. The van der Waals surface area contributed by atoms with Crippen LogP contribution in [0.5, 0.6) is 0 Å². The second kappa shape index (κ2) is 9.29. The molecule has 1 heterocycles.